The average molecular weight is 202 g/mol. The second kappa shape index (κ2) is 7.64. The van der Waals surface area contributed by atoms with Gasteiger partial charge in [0.05, 0.1) is 0 Å². The Morgan fingerprint density at radius 3 is 1.87 bits per heavy atom. The Hall–Kier alpha value is -1.74. The Morgan fingerprint density at radius 1 is 1.07 bits per heavy atom. The summed E-state index contributed by atoms with van der Waals surface area (Å²) in [5.41, 5.74) is 0.769. The summed E-state index contributed by atoms with van der Waals surface area (Å²) in [6.07, 6.45) is 8.32. The lowest BCUT2D eigenvalue weighted by Gasteiger charge is -2.00. The number of terminal acetylenes is 2. The highest BCUT2D eigenvalue weighted by atomic mass is 16.3. The third-order valence-electron chi connectivity index (χ3n) is 1.51. The van der Waals surface area contributed by atoms with E-state index >= 15 is 0 Å². The first-order valence-electron chi connectivity index (χ1n) is 4.45. The molecule has 2 nitrogen and oxygen atoms in total. The van der Waals surface area contributed by atoms with E-state index in [2.05, 4.69) is 18.3 Å². The first-order valence-corrected chi connectivity index (χ1v) is 4.45. The maximum atomic E-state index is 9.09. The standard InChI is InChI=1S/C9H8O.C4H6O/c1-2-9(10)8-6-4-3-5-7-8;1-3-4(2)5/h1,3-7,9-10H;1,4-5H,2H3. The molecule has 15 heavy (non-hydrogen) atoms. The second-order valence-electron chi connectivity index (χ2n) is 2.82. The molecule has 78 valence electrons. The molecule has 0 saturated carbocycles. The predicted octanol–water partition coefficient (Wildman–Crippen LogP) is 1.35. The van der Waals surface area contributed by atoms with Crippen molar-refractivity contribution in [2.75, 3.05) is 0 Å². The quantitative estimate of drug-likeness (QED) is 0.675. The van der Waals surface area contributed by atoms with Gasteiger partial charge in [0.15, 0.2) is 0 Å². The Morgan fingerprint density at radius 2 is 1.53 bits per heavy atom. The number of hydrogen-bond acceptors (Lipinski definition) is 2. The molecule has 0 aliphatic heterocycles. The predicted molar refractivity (Wildman–Crippen MR) is 60.7 cm³/mol. The first kappa shape index (κ1) is 13.3. The molecule has 0 saturated heterocycles. The molecule has 1 rings (SSSR count). The fourth-order valence-corrected chi connectivity index (χ4v) is 0.732. The van der Waals surface area contributed by atoms with E-state index in [4.69, 9.17) is 16.6 Å². The SMILES string of the molecule is C#CC(C)O.C#CC(O)c1ccccc1. The summed E-state index contributed by atoms with van der Waals surface area (Å²) in [6, 6.07) is 9.16. The summed E-state index contributed by atoms with van der Waals surface area (Å²) >= 11 is 0. The molecule has 0 aromatic heterocycles. The molecule has 0 aliphatic carbocycles. The van der Waals surface area contributed by atoms with Gasteiger partial charge < -0.3 is 10.2 Å². The van der Waals surface area contributed by atoms with Crippen LogP contribution < -0.4 is 0 Å². The lowest BCUT2D eigenvalue weighted by Crippen LogP contribution is -1.90. The van der Waals surface area contributed by atoms with Crippen LogP contribution in [0.5, 0.6) is 0 Å². The smallest absolute Gasteiger partial charge is 0.139 e. The van der Waals surface area contributed by atoms with Crippen LogP contribution in [0, 0.1) is 24.7 Å². The van der Waals surface area contributed by atoms with Gasteiger partial charge in [-0.05, 0) is 12.5 Å². The fourth-order valence-electron chi connectivity index (χ4n) is 0.732. The Balaban J connectivity index is 0.000000336. The van der Waals surface area contributed by atoms with Gasteiger partial charge in [-0.1, -0.05) is 42.2 Å². The van der Waals surface area contributed by atoms with E-state index in [-0.39, 0.29) is 0 Å². The molecule has 0 heterocycles. The third-order valence-corrected chi connectivity index (χ3v) is 1.51. The lowest BCUT2D eigenvalue weighted by molar-refractivity contribution is 0.238. The lowest BCUT2D eigenvalue weighted by atomic mass is 10.1. The van der Waals surface area contributed by atoms with Crippen molar-refractivity contribution in [3.63, 3.8) is 0 Å². The summed E-state index contributed by atoms with van der Waals surface area (Å²) in [5.74, 6) is 4.32. The minimum absolute atomic E-state index is 0.588. The Bertz CT molecular complexity index is 341. The Kier molecular flexibility index (Phi) is 6.76. The van der Waals surface area contributed by atoms with Crippen molar-refractivity contribution >= 4 is 0 Å². The molecule has 1 aromatic carbocycles. The number of rotatable bonds is 1. The molecule has 0 bridgehead atoms. The molecule has 0 fully saturated rings. The molecular formula is C13H14O2. The van der Waals surface area contributed by atoms with Gasteiger partial charge in [0.1, 0.15) is 12.2 Å². The highest BCUT2D eigenvalue weighted by Gasteiger charge is 1.98. The van der Waals surface area contributed by atoms with Crippen molar-refractivity contribution in [3.8, 4) is 24.7 Å². The molecule has 2 atom stereocenters. The van der Waals surface area contributed by atoms with E-state index in [0.717, 1.165) is 5.56 Å². The molecule has 0 amide bonds. The molecule has 0 radical (unpaired) electrons. The van der Waals surface area contributed by atoms with E-state index in [1.165, 1.54) is 0 Å². The molecule has 2 heteroatoms. The van der Waals surface area contributed by atoms with Gasteiger partial charge in [-0.3, -0.25) is 0 Å². The van der Waals surface area contributed by atoms with Crippen molar-refractivity contribution in [2.24, 2.45) is 0 Å². The number of benzene rings is 1. The van der Waals surface area contributed by atoms with Crippen LogP contribution in [0.15, 0.2) is 30.3 Å². The van der Waals surface area contributed by atoms with Crippen molar-refractivity contribution in [1.82, 2.24) is 0 Å². The molecular weight excluding hydrogens is 188 g/mol. The summed E-state index contributed by atoms with van der Waals surface area (Å²) in [6.45, 7) is 1.54. The normalized spacial score (nSPS) is 12.3. The van der Waals surface area contributed by atoms with Gasteiger partial charge >= 0.3 is 0 Å². The number of aliphatic hydroxyl groups is 2. The second-order valence-corrected chi connectivity index (χ2v) is 2.82. The molecule has 2 N–H and O–H groups in total. The van der Waals surface area contributed by atoms with Crippen molar-refractivity contribution in [1.29, 1.82) is 0 Å². The summed E-state index contributed by atoms with van der Waals surface area (Å²) in [7, 11) is 0. The zero-order valence-corrected chi connectivity index (χ0v) is 8.59. The monoisotopic (exact) mass is 202 g/mol. The van der Waals surface area contributed by atoms with Gasteiger partial charge in [0.25, 0.3) is 0 Å². The van der Waals surface area contributed by atoms with E-state index in [1.807, 2.05) is 18.2 Å². The maximum absolute atomic E-state index is 9.09. The van der Waals surface area contributed by atoms with Crippen LogP contribution in [0.1, 0.15) is 18.6 Å². The van der Waals surface area contributed by atoms with Gasteiger partial charge in [0, 0.05) is 0 Å². The zero-order chi connectivity index (χ0) is 11.7. The van der Waals surface area contributed by atoms with E-state index in [0.29, 0.717) is 0 Å². The number of aliphatic hydroxyl groups excluding tert-OH is 2. The van der Waals surface area contributed by atoms with Gasteiger partial charge in [-0.15, -0.1) is 12.8 Å². The van der Waals surface area contributed by atoms with E-state index in [1.54, 1.807) is 19.1 Å². The third kappa shape index (κ3) is 6.35. The minimum Gasteiger partial charge on any atom is -0.381 e. The largest absolute Gasteiger partial charge is 0.381 e. The minimum atomic E-state index is -0.763. The van der Waals surface area contributed by atoms with Crippen LogP contribution in [0.2, 0.25) is 0 Å². The van der Waals surface area contributed by atoms with Crippen molar-refractivity contribution < 1.29 is 10.2 Å². The van der Waals surface area contributed by atoms with Gasteiger partial charge in [-0.2, -0.15) is 0 Å². The van der Waals surface area contributed by atoms with Crippen LogP contribution in [0.25, 0.3) is 0 Å². The van der Waals surface area contributed by atoms with Crippen LogP contribution >= 0.6 is 0 Å². The summed E-state index contributed by atoms with van der Waals surface area (Å²) < 4.78 is 0. The van der Waals surface area contributed by atoms with Gasteiger partial charge in [0.2, 0.25) is 0 Å². The fraction of sp³-hybridized carbons (Fsp3) is 0.231. The highest BCUT2D eigenvalue weighted by Crippen LogP contribution is 2.09. The van der Waals surface area contributed by atoms with Crippen molar-refractivity contribution in [2.45, 2.75) is 19.1 Å². The maximum Gasteiger partial charge on any atom is 0.139 e. The molecule has 1 aromatic rings. The zero-order valence-electron chi connectivity index (χ0n) is 8.59. The van der Waals surface area contributed by atoms with Crippen molar-refractivity contribution in [3.05, 3.63) is 35.9 Å². The van der Waals surface area contributed by atoms with Crippen LogP contribution in [-0.2, 0) is 0 Å². The first-order chi connectivity index (χ1) is 7.11. The summed E-state index contributed by atoms with van der Waals surface area (Å²) in [5, 5.41) is 17.2. The Labute approximate surface area is 90.6 Å². The van der Waals surface area contributed by atoms with Gasteiger partial charge in [-0.25, -0.2) is 0 Å². The summed E-state index contributed by atoms with van der Waals surface area (Å²) in [4.78, 5) is 0. The average Bonchev–Trinajstić information content (AvgIpc) is 2.30. The van der Waals surface area contributed by atoms with E-state index < -0.39 is 12.2 Å². The number of hydrogen-bond donors (Lipinski definition) is 2. The topological polar surface area (TPSA) is 40.5 Å². The highest BCUT2D eigenvalue weighted by molar-refractivity contribution is 5.22. The van der Waals surface area contributed by atoms with Crippen LogP contribution in [-0.4, -0.2) is 16.3 Å². The molecule has 0 spiro atoms. The van der Waals surface area contributed by atoms with Crippen LogP contribution in [0.4, 0.5) is 0 Å². The van der Waals surface area contributed by atoms with Crippen LogP contribution in [0.3, 0.4) is 0 Å². The van der Waals surface area contributed by atoms with E-state index in [9.17, 15) is 0 Å². The molecule has 2 unspecified atom stereocenters. The molecule has 0 aliphatic rings.